The second-order valence-corrected chi connectivity index (χ2v) is 4.93. The van der Waals surface area contributed by atoms with Crippen molar-refractivity contribution in [3.05, 3.63) is 47.7 Å². The summed E-state index contributed by atoms with van der Waals surface area (Å²) in [6.07, 6.45) is 0.403. The predicted octanol–water partition coefficient (Wildman–Crippen LogP) is 3.41. The highest BCUT2D eigenvalue weighted by Crippen LogP contribution is 2.31. The van der Waals surface area contributed by atoms with Crippen LogP contribution in [0.3, 0.4) is 0 Å². The molecule has 0 bridgehead atoms. The largest absolute Gasteiger partial charge is 0.489 e. The summed E-state index contributed by atoms with van der Waals surface area (Å²) >= 11 is 0. The third-order valence-corrected chi connectivity index (χ3v) is 3.27. The van der Waals surface area contributed by atoms with Gasteiger partial charge < -0.3 is 4.74 Å². The molecule has 3 nitrogen and oxygen atoms in total. The van der Waals surface area contributed by atoms with Crippen LogP contribution in [-0.2, 0) is 0 Å². The lowest BCUT2D eigenvalue weighted by Crippen LogP contribution is -2.23. The summed E-state index contributed by atoms with van der Waals surface area (Å²) in [5.41, 5.74) is 3.47. The van der Waals surface area contributed by atoms with E-state index in [-0.39, 0.29) is 11.9 Å². The average Bonchev–Trinajstić information content (AvgIpc) is 2.38. The summed E-state index contributed by atoms with van der Waals surface area (Å²) in [5.74, 6) is 0.823. The Kier molecular flexibility index (Phi) is 2.82. The molecule has 2 aromatic rings. The maximum Gasteiger partial charge on any atom is 0.170 e. The van der Waals surface area contributed by atoms with Crippen LogP contribution in [0.1, 0.15) is 29.4 Å². The summed E-state index contributed by atoms with van der Waals surface area (Å²) < 4.78 is 5.68. The van der Waals surface area contributed by atoms with Crippen molar-refractivity contribution in [1.29, 1.82) is 0 Å². The first-order valence-corrected chi connectivity index (χ1v) is 6.41. The quantitative estimate of drug-likeness (QED) is 0.781. The summed E-state index contributed by atoms with van der Waals surface area (Å²) in [5, 5.41) is 0. The van der Waals surface area contributed by atoms with Gasteiger partial charge in [-0.15, -0.1) is 0 Å². The number of rotatable bonds is 1. The third-order valence-electron chi connectivity index (χ3n) is 3.27. The minimum Gasteiger partial charge on any atom is -0.489 e. The van der Waals surface area contributed by atoms with E-state index < -0.39 is 0 Å². The minimum atomic E-state index is -0.0389. The van der Waals surface area contributed by atoms with Crippen molar-refractivity contribution in [3.8, 4) is 17.0 Å². The highest BCUT2D eigenvalue weighted by Gasteiger charge is 2.23. The molecule has 96 valence electrons. The molecule has 1 atom stereocenters. The molecule has 0 saturated carbocycles. The van der Waals surface area contributed by atoms with E-state index in [1.807, 2.05) is 50.2 Å². The number of nitrogens with zero attached hydrogens (tertiary/aromatic N) is 1. The van der Waals surface area contributed by atoms with Gasteiger partial charge in [0.25, 0.3) is 0 Å². The number of hydrogen-bond donors (Lipinski definition) is 0. The Bertz CT molecular complexity index is 649. The molecule has 0 amide bonds. The molecular formula is C16H15NO2. The number of benzene rings is 1. The van der Waals surface area contributed by atoms with Crippen molar-refractivity contribution in [1.82, 2.24) is 4.98 Å². The SMILES string of the molecule is Cc1cccc(-c2ccc3c(c2)C(=O)CC(C)O3)n1. The van der Waals surface area contributed by atoms with E-state index in [2.05, 4.69) is 4.98 Å². The normalized spacial score (nSPS) is 17.8. The number of aryl methyl sites for hydroxylation is 1. The Labute approximate surface area is 112 Å². The summed E-state index contributed by atoms with van der Waals surface area (Å²) in [6, 6.07) is 11.6. The second-order valence-electron chi connectivity index (χ2n) is 4.93. The second kappa shape index (κ2) is 4.50. The van der Waals surface area contributed by atoms with Crippen LogP contribution in [-0.4, -0.2) is 16.9 Å². The minimum absolute atomic E-state index is 0.0389. The van der Waals surface area contributed by atoms with Crippen LogP contribution < -0.4 is 4.74 Å². The maximum absolute atomic E-state index is 12.0. The van der Waals surface area contributed by atoms with Crippen molar-refractivity contribution in [2.75, 3.05) is 0 Å². The lowest BCUT2D eigenvalue weighted by Gasteiger charge is -2.22. The molecule has 0 saturated heterocycles. The first kappa shape index (κ1) is 11.9. The Morgan fingerprint density at radius 3 is 2.89 bits per heavy atom. The van der Waals surface area contributed by atoms with Gasteiger partial charge in [0.15, 0.2) is 5.78 Å². The monoisotopic (exact) mass is 253 g/mol. The van der Waals surface area contributed by atoms with Gasteiger partial charge in [-0.05, 0) is 44.2 Å². The molecule has 1 aromatic carbocycles. The van der Waals surface area contributed by atoms with Crippen LogP contribution in [0, 0.1) is 6.92 Å². The molecule has 1 unspecified atom stereocenters. The molecule has 1 aliphatic rings. The number of aromatic nitrogens is 1. The average molecular weight is 253 g/mol. The molecule has 19 heavy (non-hydrogen) atoms. The van der Waals surface area contributed by atoms with E-state index in [9.17, 15) is 4.79 Å². The molecule has 1 aliphatic heterocycles. The molecule has 3 rings (SSSR count). The first-order chi connectivity index (χ1) is 9.13. The number of fused-ring (bicyclic) bond motifs is 1. The van der Waals surface area contributed by atoms with E-state index in [0.29, 0.717) is 17.7 Å². The fourth-order valence-electron chi connectivity index (χ4n) is 2.34. The highest BCUT2D eigenvalue weighted by molar-refractivity contribution is 6.00. The van der Waals surface area contributed by atoms with Gasteiger partial charge in [0, 0.05) is 17.7 Å². The van der Waals surface area contributed by atoms with Crippen molar-refractivity contribution in [3.63, 3.8) is 0 Å². The smallest absolute Gasteiger partial charge is 0.170 e. The van der Waals surface area contributed by atoms with Crippen molar-refractivity contribution in [2.45, 2.75) is 26.4 Å². The van der Waals surface area contributed by atoms with Crippen LogP contribution >= 0.6 is 0 Å². The number of carbonyl (C=O) groups is 1. The van der Waals surface area contributed by atoms with Crippen LogP contribution in [0.2, 0.25) is 0 Å². The van der Waals surface area contributed by atoms with E-state index in [1.54, 1.807) is 0 Å². The van der Waals surface area contributed by atoms with E-state index in [4.69, 9.17) is 4.74 Å². The molecule has 0 radical (unpaired) electrons. The van der Waals surface area contributed by atoms with Gasteiger partial charge in [0.05, 0.1) is 11.3 Å². The van der Waals surface area contributed by atoms with Crippen LogP contribution in [0.25, 0.3) is 11.3 Å². The summed E-state index contributed by atoms with van der Waals surface area (Å²) in [6.45, 7) is 3.87. The molecule has 3 heteroatoms. The molecule has 0 spiro atoms. The van der Waals surface area contributed by atoms with Gasteiger partial charge in [-0.25, -0.2) is 0 Å². The van der Waals surface area contributed by atoms with Crippen molar-refractivity contribution < 1.29 is 9.53 Å². The van der Waals surface area contributed by atoms with Gasteiger partial charge >= 0.3 is 0 Å². The summed E-state index contributed by atoms with van der Waals surface area (Å²) in [4.78, 5) is 16.5. The lowest BCUT2D eigenvalue weighted by atomic mass is 9.98. The van der Waals surface area contributed by atoms with Gasteiger partial charge in [-0.1, -0.05) is 6.07 Å². The number of hydrogen-bond acceptors (Lipinski definition) is 3. The lowest BCUT2D eigenvalue weighted by molar-refractivity contribution is 0.0871. The Hall–Kier alpha value is -2.16. The number of ketones is 1. The van der Waals surface area contributed by atoms with Gasteiger partial charge in [-0.2, -0.15) is 0 Å². The highest BCUT2D eigenvalue weighted by atomic mass is 16.5. The van der Waals surface area contributed by atoms with Gasteiger partial charge in [-0.3, -0.25) is 9.78 Å². The van der Waals surface area contributed by atoms with Crippen LogP contribution in [0.5, 0.6) is 5.75 Å². The fourth-order valence-corrected chi connectivity index (χ4v) is 2.34. The number of carbonyl (C=O) groups excluding carboxylic acids is 1. The summed E-state index contributed by atoms with van der Waals surface area (Å²) in [7, 11) is 0. The zero-order chi connectivity index (χ0) is 13.4. The van der Waals surface area contributed by atoms with E-state index >= 15 is 0 Å². The van der Waals surface area contributed by atoms with Crippen LogP contribution in [0.15, 0.2) is 36.4 Å². The topological polar surface area (TPSA) is 39.2 Å². The first-order valence-electron chi connectivity index (χ1n) is 6.41. The van der Waals surface area contributed by atoms with E-state index in [1.165, 1.54) is 0 Å². The zero-order valence-electron chi connectivity index (χ0n) is 11.0. The van der Waals surface area contributed by atoms with Gasteiger partial charge in [0.1, 0.15) is 11.9 Å². The maximum atomic E-state index is 12.0. The van der Waals surface area contributed by atoms with Gasteiger partial charge in [0.2, 0.25) is 0 Å². The molecule has 2 heterocycles. The molecule has 0 aliphatic carbocycles. The molecule has 0 fully saturated rings. The zero-order valence-corrected chi connectivity index (χ0v) is 11.0. The third kappa shape index (κ3) is 2.24. The van der Waals surface area contributed by atoms with E-state index in [0.717, 1.165) is 17.0 Å². The molecule has 1 aromatic heterocycles. The van der Waals surface area contributed by atoms with Crippen molar-refractivity contribution >= 4 is 5.78 Å². The Morgan fingerprint density at radius 1 is 1.26 bits per heavy atom. The molecular weight excluding hydrogens is 238 g/mol. The molecule has 0 N–H and O–H groups in total. The fraction of sp³-hybridized carbons (Fsp3) is 0.250. The standard InChI is InChI=1S/C16H15NO2/c1-10-4-3-5-14(17-10)12-6-7-16-13(9-12)15(18)8-11(2)19-16/h3-7,9,11H,8H2,1-2H3. The number of ether oxygens (including phenoxy) is 1. The number of pyridine rings is 1. The van der Waals surface area contributed by atoms with Crippen molar-refractivity contribution in [2.24, 2.45) is 0 Å². The van der Waals surface area contributed by atoms with Crippen LogP contribution in [0.4, 0.5) is 0 Å². The Morgan fingerprint density at radius 2 is 2.11 bits per heavy atom. The predicted molar refractivity (Wildman–Crippen MR) is 73.4 cm³/mol. The number of Topliss-reactive ketones (excluding diaryl/α,β-unsaturated/α-hetero) is 1. The Balaban J connectivity index is 2.07.